The summed E-state index contributed by atoms with van der Waals surface area (Å²) >= 11 is 0. The van der Waals surface area contributed by atoms with Gasteiger partial charge >= 0.3 is 0 Å². The molecule has 0 saturated carbocycles. The topological polar surface area (TPSA) is 99.9 Å². The smallest absolute Gasteiger partial charge is 0.273 e. The molecule has 2 aromatic rings. The summed E-state index contributed by atoms with van der Waals surface area (Å²) in [5, 5.41) is 13.4. The first-order chi connectivity index (χ1) is 12.0. The third-order valence-corrected chi connectivity index (χ3v) is 3.36. The number of non-ortho nitro benzene ring substituents is 1. The Bertz CT molecular complexity index is 763. The molecule has 132 valence electrons. The fourth-order valence-corrected chi connectivity index (χ4v) is 2.10. The van der Waals surface area contributed by atoms with Crippen molar-refractivity contribution in [3.8, 4) is 17.2 Å². The number of rotatable bonds is 8. The van der Waals surface area contributed by atoms with Crippen LogP contribution >= 0.6 is 0 Å². The fourth-order valence-electron chi connectivity index (χ4n) is 2.10. The molecule has 0 heterocycles. The van der Waals surface area contributed by atoms with E-state index in [1.807, 2.05) is 0 Å². The van der Waals surface area contributed by atoms with E-state index in [4.69, 9.17) is 14.2 Å². The summed E-state index contributed by atoms with van der Waals surface area (Å²) in [6.07, 6.45) is 0. The lowest BCUT2D eigenvalue weighted by Crippen LogP contribution is -2.28. The first kappa shape index (κ1) is 18.1. The number of nitrogens with one attached hydrogen (secondary N) is 1. The number of ether oxygens (including phenoxy) is 3. The SMILES string of the molecule is COc1ccc(OC)c(CNC(=O)COc2cccc([N+](=O)[O-])c2)c1. The minimum atomic E-state index is -0.526. The van der Waals surface area contributed by atoms with E-state index in [0.29, 0.717) is 11.5 Å². The van der Waals surface area contributed by atoms with Gasteiger partial charge in [-0.1, -0.05) is 6.07 Å². The number of hydrogen-bond acceptors (Lipinski definition) is 6. The molecule has 0 aromatic heterocycles. The molecule has 0 bridgehead atoms. The number of carbonyl (C=O) groups excluding carboxylic acids is 1. The highest BCUT2D eigenvalue weighted by molar-refractivity contribution is 5.77. The van der Waals surface area contributed by atoms with Gasteiger partial charge in [-0.15, -0.1) is 0 Å². The van der Waals surface area contributed by atoms with Gasteiger partial charge in [0.2, 0.25) is 0 Å². The summed E-state index contributed by atoms with van der Waals surface area (Å²) < 4.78 is 15.7. The molecule has 8 heteroatoms. The molecule has 0 fully saturated rings. The second-order valence-electron chi connectivity index (χ2n) is 5.00. The lowest BCUT2D eigenvalue weighted by Gasteiger charge is -2.12. The van der Waals surface area contributed by atoms with Crippen molar-refractivity contribution in [3.63, 3.8) is 0 Å². The van der Waals surface area contributed by atoms with Crippen LogP contribution in [0, 0.1) is 10.1 Å². The molecule has 0 spiro atoms. The molecular weight excluding hydrogens is 328 g/mol. The van der Waals surface area contributed by atoms with Crippen LogP contribution in [0.5, 0.6) is 17.2 Å². The maximum absolute atomic E-state index is 11.9. The molecular formula is C17H18N2O6. The van der Waals surface area contributed by atoms with Crippen molar-refractivity contribution in [2.24, 2.45) is 0 Å². The summed E-state index contributed by atoms with van der Waals surface area (Å²) in [5.41, 5.74) is 0.657. The number of nitro groups is 1. The van der Waals surface area contributed by atoms with Crippen LogP contribution in [0.1, 0.15) is 5.56 Å². The third-order valence-electron chi connectivity index (χ3n) is 3.36. The summed E-state index contributed by atoms with van der Waals surface area (Å²) in [6, 6.07) is 10.9. The fraction of sp³-hybridized carbons (Fsp3) is 0.235. The quantitative estimate of drug-likeness (QED) is 0.581. The van der Waals surface area contributed by atoms with Crippen molar-refractivity contribution >= 4 is 11.6 Å². The van der Waals surface area contributed by atoms with Crippen molar-refractivity contribution in [2.75, 3.05) is 20.8 Å². The van der Waals surface area contributed by atoms with Crippen molar-refractivity contribution in [1.82, 2.24) is 5.32 Å². The number of nitro benzene ring substituents is 1. The van der Waals surface area contributed by atoms with Gasteiger partial charge in [0.05, 0.1) is 25.2 Å². The Labute approximate surface area is 144 Å². The first-order valence-electron chi connectivity index (χ1n) is 7.38. The number of nitrogens with zero attached hydrogens (tertiary/aromatic N) is 1. The van der Waals surface area contributed by atoms with Crippen LogP contribution in [0.2, 0.25) is 0 Å². The average Bonchev–Trinajstić information content (AvgIpc) is 2.64. The van der Waals surface area contributed by atoms with Crippen molar-refractivity contribution in [3.05, 3.63) is 58.1 Å². The minimum Gasteiger partial charge on any atom is -0.497 e. The van der Waals surface area contributed by atoms with Crippen LogP contribution in [-0.4, -0.2) is 31.7 Å². The van der Waals surface area contributed by atoms with E-state index in [-0.39, 0.29) is 30.5 Å². The first-order valence-corrected chi connectivity index (χ1v) is 7.38. The van der Waals surface area contributed by atoms with Crippen LogP contribution in [0.3, 0.4) is 0 Å². The maximum Gasteiger partial charge on any atom is 0.273 e. The van der Waals surface area contributed by atoms with Gasteiger partial charge in [-0.3, -0.25) is 14.9 Å². The molecule has 2 aromatic carbocycles. The molecule has 0 saturated heterocycles. The Morgan fingerprint density at radius 2 is 1.92 bits per heavy atom. The van der Waals surface area contributed by atoms with Gasteiger partial charge in [-0.25, -0.2) is 0 Å². The Kier molecular flexibility index (Phi) is 6.16. The molecule has 1 amide bonds. The van der Waals surface area contributed by atoms with E-state index >= 15 is 0 Å². The van der Waals surface area contributed by atoms with Gasteiger partial charge in [0.15, 0.2) is 6.61 Å². The standard InChI is InChI=1S/C17H18N2O6/c1-23-14-6-7-16(24-2)12(8-14)10-18-17(20)11-25-15-5-3-4-13(9-15)19(21)22/h3-9H,10-11H2,1-2H3,(H,18,20). The molecule has 0 radical (unpaired) electrons. The predicted octanol–water partition coefficient (Wildman–Crippen LogP) is 2.31. The van der Waals surface area contributed by atoms with E-state index in [2.05, 4.69) is 5.32 Å². The molecule has 0 aliphatic carbocycles. The second kappa shape index (κ2) is 8.53. The summed E-state index contributed by atoms with van der Waals surface area (Å²) in [6.45, 7) is -0.0229. The molecule has 0 atom stereocenters. The largest absolute Gasteiger partial charge is 0.497 e. The van der Waals surface area contributed by atoms with Crippen molar-refractivity contribution in [1.29, 1.82) is 0 Å². The lowest BCUT2D eigenvalue weighted by molar-refractivity contribution is -0.384. The van der Waals surface area contributed by atoms with Gasteiger partial charge in [0.1, 0.15) is 17.2 Å². The summed E-state index contributed by atoms with van der Waals surface area (Å²) in [5.74, 6) is 1.17. The minimum absolute atomic E-state index is 0.0981. The molecule has 8 nitrogen and oxygen atoms in total. The van der Waals surface area contributed by atoms with E-state index in [1.165, 1.54) is 18.2 Å². The Morgan fingerprint density at radius 1 is 1.12 bits per heavy atom. The van der Waals surface area contributed by atoms with Crippen molar-refractivity contribution in [2.45, 2.75) is 6.54 Å². The maximum atomic E-state index is 11.9. The van der Waals surface area contributed by atoms with E-state index in [9.17, 15) is 14.9 Å². The number of carbonyl (C=O) groups is 1. The summed E-state index contributed by atoms with van der Waals surface area (Å²) in [7, 11) is 3.09. The van der Waals surface area contributed by atoms with Crippen LogP contribution in [-0.2, 0) is 11.3 Å². The number of hydrogen-bond donors (Lipinski definition) is 1. The van der Waals surface area contributed by atoms with Crippen LogP contribution < -0.4 is 19.5 Å². The molecule has 25 heavy (non-hydrogen) atoms. The van der Waals surface area contributed by atoms with E-state index in [0.717, 1.165) is 5.56 Å². The van der Waals surface area contributed by atoms with E-state index < -0.39 is 4.92 Å². The summed E-state index contributed by atoms with van der Waals surface area (Å²) in [4.78, 5) is 22.1. The van der Waals surface area contributed by atoms with Crippen LogP contribution in [0.25, 0.3) is 0 Å². The third kappa shape index (κ3) is 5.10. The number of benzene rings is 2. The second-order valence-corrected chi connectivity index (χ2v) is 5.00. The number of methoxy groups -OCH3 is 2. The molecule has 0 aliphatic heterocycles. The molecule has 0 unspecified atom stereocenters. The van der Waals surface area contributed by atoms with Gasteiger partial charge in [-0.2, -0.15) is 0 Å². The zero-order valence-electron chi connectivity index (χ0n) is 13.9. The zero-order chi connectivity index (χ0) is 18.2. The Hall–Kier alpha value is -3.29. The molecule has 1 N–H and O–H groups in total. The van der Waals surface area contributed by atoms with Gasteiger partial charge < -0.3 is 19.5 Å². The lowest BCUT2D eigenvalue weighted by atomic mass is 10.2. The highest BCUT2D eigenvalue weighted by atomic mass is 16.6. The van der Waals surface area contributed by atoms with Crippen LogP contribution in [0.15, 0.2) is 42.5 Å². The number of amides is 1. The Morgan fingerprint density at radius 3 is 2.60 bits per heavy atom. The molecule has 0 aliphatic rings. The highest BCUT2D eigenvalue weighted by Crippen LogP contribution is 2.23. The van der Waals surface area contributed by atoms with Gasteiger partial charge in [0.25, 0.3) is 11.6 Å². The Balaban J connectivity index is 1.91. The normalized spacial score (nSPS) is 10.0. The van der Waals surface area contributed by atoms with Gasteiger partial charge in [0, 0.05) is 18.2 Å². The zero-order valence-corrected chi connectivity index (χ0v) is 13.9. The van der Waals surface area contributed by atoms with E-state index in [1.54, 1.807) is 38.5 Å². The average molecular weight is 346 g/mol. The van der Waals surface area contributed by atoms with Gasteiger partial charge in [-0.05, 0) is 24.3 Å². The van der Waals surface area contributed by atoms with Crippen molar-refractivity contribution < 1.29 is 23.9 Å². The predicted molar refractivity (Wildman–Crippen MR) is 90.0 cm³/mol. The van der Waals surface area contributed by atoms with Crippen LogP contribution in [0.4, 0.5) is 5.69 Å². The molecule has 2 rings (SSSR count). The monoisotopic (exact) mass is 346 g/mol. The highest BCUT2D eigenvalue weighted by Gasteiger charge is 2.10.